The van der Waals surface area contributed by atoms with Crippen LogP contribution in [-0.4, -0.2) is 11.1 Å². The largest absolute Gasteiger partial charge is 0.478 e. The second-order valence-electron chi connectivity index (χ2n) is 3.88. The first kappa shape index (κ1) is 11.0. The number of hydrogen-bond acceptors (Lipinski definition) is 1. The molecule has 0 aliphatic heterocycles. The van der Waals surface area contributed by atoms with Gasteiger partial charge in [0.1, 0.15) is 0 Å². The minimum Gasteiger partial charge on any atom is -0.478 e. The highest BCUT2D eigenvalue weighted by molar-refractivity contribution is 5.86. The number of aliphatic carboxylic acids is 1. The Morgan fingerprint density at radius 3 is 2.17 bits per heavy atom. The molecule has 0 aliphatic rings. The SMILES string of the molecule is CC(=CC=CC(C)(C)C)C(=O)O. The smallest absolute Gasteiger partial charge is 0.331 e. The van der Waals surface area contributed by atoms with Crippen molar-refractivity contribution >= 4 is 5.97 Å². The van der Waals surface area contributed by atoms with Gasteiger partial charge in [0.15, 0.2) is 0 Å². The highest BCUT2D eigenvalue weighted by Gasteiger charge is 2.02. The lowest BCUT2D eigenvalue weighted by Crippen LogP contribution is -1.98. The molecule has 0 heterocycles. The van der Waals surface area contributed by atoms with Gasteiger partial charge in [-0.2, -0.15) is 0 Å². The molecule has 0 aromatic carbocycles. The Bertz CT molecular complexity index is 216. The van der Waals surface area contributed by atoms with E-state index in [0.29, 0.717) is 5.57 Å². The van der Waals surface area contributed by atoms with Gasteiger partial charge in [-0.05, 0) is 12.3 Å². The predicted octanol–water partition coefficient (Wildman–Crippen LogP) is 2.62. The van der Waals surface area contributed by atoms with E-state index >= 15 is 0 Å². The molecule has 0 saturated heterocycles. The molecule has 0 bridgehead atoms. The lowest BCUT2D eigenvalue weighted by atomic mass is 9.96. The van der Waals surface area contributed by atoms with E-state index in [1.165, 1.54) is 0 Å². The third-order valence-electron chi connectivity index (χ3n) is 1.28. The Hall–Kier alpha value is -1.05. The van der Waals surface area contributed by atoms with Gasteiger partial charge in [0.25, 0.3) is 0 Å². The zero-order valence-corrected chi connectivity index (χ0v) is 8.09. The van der Waals surface area contributed by atoms with E-state index in [-0.39, 0.29) is 5.41 Å². The van der Waals surface area contributed by atoms with E-state index in [1.807, 2.05) is 6.08 Å². The van der Waals surface area contributed by atoms with Gasteiger partial charge < -0.3 is 5.11 Å². The van der Waals surface area contributed by atoms with Gasteiger partial charge in [0.05, 0.1) is 0 Å². The van der Waals surface area contributed by atoms with Gasteiger partial charge in [0, 0.05) is 5.57 Å². The maximum atomic E-state index is 10.4. The molecule has 0 spiro atoms. The second-order valence-corrected chi connectivity index (χ2v) is 3.88. The molecule has 0 aliphatic carbocycles. The highest BCUT2D eigenvalue weighted by Crippen LogP contribution is 2.14. The maximum Gasteiger partial charge on any atom is 0.331 e. The van der Waals surface area contributed by atoms with Gasteiger partial charge >= 0.3 is 5.97 Å². The van der Waals surface area contributed by atoms with Crippen LogP contribution in [0.1, 0.15) is 27.7 Å². The lowest BCUT2D eigenvalue weighted by Gasteiger charge is -2.09. The van der Waals surface area contributed by atoms with Gasteiger partial charge in [-0.25, -0.2) is 4.79 Å². The van der Waals surface area contributed by atoms with E-state index in [9.17, 15) is 4.79 Å². The summed E-state index contributed by atoms with van der Waals surface area (Å²) in [5.41, 5.74) is 0.463. The van der Waals surface area contributed by atoms with Gasteiger partial charge in [-0.3, -0.25) is 0 Å². The van der Waals surface area contributed by atoms with E-state index in [4.69, 9.17) is 5.11 Å². The maximum absolute atomic E-state index is 10.4. The van der Waals surface area contributed by atoms with Crippen LogP contribution in [0.2, 0.25) is 0 Å². The van der Waals surface area contributed by atoms with Crippen molar-refractivity contribution in [2.75, 3.05) is 0 Å². The molecule has 0 radical (unpaired) electrons. The number of carboxylic acids is 1. The van der Waals surface area contributed by atoms with Crippen LogP contribution in [-0.2, 0) is 4.79 Å². The highest BCUT2D eigenvalue weighted by atomic mass is 16.4. The summed E-state index contributed by atoms with van der Waals surface area (Å²) in [5.74, 6) is -0.867. The molecule has 0 fully saturated rings. The molecule has 12 heavy (non-hydrogen) atoms. The van der Waals surface area contributed by atoms with Crippen LogP contribution in [0.3, 0.4) is 0 Å². The third-order valence-corrected chi connectivity index (χ3v) is 1.28. The molecular formula is C10H16O2. The zero-order chi connectivity index (χ0) is 9.78. The fourth-order valence-corrected chi connectivity index (χ4v) is 0.552. The van der Waals surface area contributed by atoms with Gasteiger partial charge in [-0.15, -0.1) is 0 Å². The van der Waals surface area contributed by atoms with E-state index in [2.05, 4.69) is 20.8 Å². The van der Waals surface area contributed by atoms with Crippen molar-refractivity contribution in [3.8, 4) is 0 Å². The Labute approximate surface area is 73.6 Å². The molecule has 0 saturated carbocycles. The number of carboxylic acid groups (broad SMARTS) is 1. The van der Waals surface area contributed by atoms with Crippen molar-refractivity contribution in [3.05, 3.63) is 23.8 Å². The Morgan fingerprint density at radius 2 is 1.83 bits per heavy atom. The van der Waals surface area contributed by atoms with Crippen molar-refractivity contribution < 1.29 is 9.90 Å². The molecule has 0 unspecified atom stereocenters. The molecule has 0 aromatic heterocycles. The van der Waals surface area contributed by atoms with Crippen LogP contribution in [0.5, 0.6) is 0 Å². The number of hydrogen-bond donors (Lipinski definition) is 1. The summed E-state index contributed by atoms with van der Waals surface area (Å²) in [7, 11) is 0. The van der Waals surface area contributed by atoms with Crippen LogP contribution in [0.25, 0.3) is 0 Å². The normalized spacial score (nSPS) is 13.8. The van der Waals surface area contributed by atoms with Crippen LogP contribution < -0.4 is 0 Å². The topological polar surface area (TPSA) is 37.3 Å². The quantitative estimate of drug-likeness (QED) is 0.508. The van der Waals surface area contributed by atoms with Crippen LogP contribution >= 0.6 is 0 Å². The number of carbonyl (C=O) groups is 1. The standard InChI is InChI=1S/C10H16O2/c1-8(9(11)12)6-5-7-10(2,3)4/h5-7H,1-4H3,(H,11,12). The fraction of sp³-hybridized carbons (Fsp3) is 0.500. The van der Waals surface area contributed by atoms with E-state index in [0.717, 1.165) is 0 Å². The van der Waals surface area contributed by atoms with Crippen LogP contribution in [0.15, 0.2) is 23.8 Å². The van der Waals surface area contributed by atoms with Crippen molar-refractivity contribution in [1.29, 1.82) is 0 Å². The van der Waals surface area contributed by atoms with Crippen molar-refractivity contribution in [2.45, 2.75) is 27.7 Å². The lowest BCUT2D eigenvalue weighted by molar-refractivity contribution is -0.132. The second kappa shape index (κ2) is 4.10. The summed E-state index contributed by atoms with van der Waals surface area (Å²) in [4.78, 5) is 10.4. The Kier molecular flexibility index (Phi) is 3.74. The molecular weight excluding hydrogens is 152 g/mol. The molecule has 0 rings (SSSR count). The zero-order valence-electron chi connectivity index (χ0n) is 8.09. The summed E-state index contributed by atoms with van der Waals surface area (Å²) in [6.45, 7) is 7.77. The minimum absolute atomic E-state index is 0.106. The first-order valence-electron chi connectivity index (χ1n) is 3.92. The molecule has 0 aromatic rings. The summed E-state index contributed by atoms with van der Waals surface area (Å²) in [5, 5.41) is 8.51. The van der Waals surface area contributed by atoms with Gasteiger partial charge in [-0.1, -0.05) is 39.0 Å². The van der Waals surface area contributed by atoms with E-state index in [1.54, 1.807) is 19.1 Å². The summed E-state index contributed by atoms with van der Waals surface area (Å²) in [6.07, 6.45) is 5.36. The summed E-state index contributed by atoms with van der Waals surface area (Å²) >= 11 is 0. The predicted molar refractivity (Wildman–Crippen MR) is 50.0 cm³/mol. The first-order chi connectivity index (χ1) is 5.33. The molecule has 0 amide bonds. The Balaban J connectivity index is 4.23. The molecule has 2 heteroatoms. The molecule has 1 N–H and O–H groups in total. The van der Waals surface area contributed by atoms with Crippen LogP contribution in [0.4, 0.5) is 0 Å². The first-order valence-corrected chi connectivity index (χ1v) is 3.92. The molecule has 68 valence electrons. The van der Waals surface area contributed by atoms with Crippen molar-refractivity contribution in [2.24, 2.45) is 5.41 Å². The number of allylic oxidation sites excluding steroid dienone is 3. The molecule has 0 atom stereocenters. The monoisotopic (exact) mass is 168 g/mol. The van der Waals surface area contributed by atoms with E-state index < -0.39 is 5.97 Å². The Morgan fingerprint density at radius 1 is 1.33 bits per heavy atom. The summed E-state index contributed by atoms with van der Waals surface area (Å²) in [6, 6.07) is 0. The molecule has 2 nitrogen and oxygen atoms in total. The van der Waals surface area contributed by atoms with Crippen molar-refractivity contribution in [1.82, 2.24) is 0 Å². The van der Waals surface area contributed by atoms with Crippen LogP contribution in [0, 0.1) is 5.41 Å². The third kappa shape index (κ3) is 5.71. The average molecular weight is 168 g/mol. The summed E-state index contributed by atoms with van der Waals surface area (Å²) < 4.78 is 0. The van der Waals surface area contributed by atoms with Gasteiger partial charge in [0.2, 0.25) is 0 Å². The fourth-order valence-electron chi connectivity index (χ4n) is 0.552. The number of rotatable bonds is 2. The average Bonchev–Trinajstić information content (AvgIpc) is 1.84. The minimum atomic E-state index is -0.867. The van der Waals surface area contributed by atoms with Crippen molar-refractivity contribution in [3.63, 3.8) is 0 Å².